The van der Waals surface area contributed by atoms with E-state index in [9.17, 15) is 0 Å². The number of nitrogens with two attached hydrogens (primary N) is 1. The third-order valence-corrected chi connectivity index (χ3v) is 3.35. The number of hydrogen-bond acceptors (Lipinski definition) is 1. The van der Waals surface area contributed by atoms with Gasteiger partial charge in [-0.25, -0.2) is 0 Å². The van der Waals surface area contributed by atoms with E-state index in [0.29, 0.717) is 10.0 Å². The minimum atomic E-state index is 0.00324. The Balaban J connectivity index is 2.41. The van der Waals surface area contributed by atoms with Crippen molar-refractivity contribution >= 4 is 23.2 Å². The Kier molecular flexibility index (Phi) is 6.64. The van der Waals surface area contributed by atoms with Gasteiger partial charge in [0.2, 0.25) is 0 Å². The van der Waals surface area contributed by atoms with Gasteiger partial charge in [0.25, 0.3) is 0 Å². The molecule has 3 heteroatoms. The van der Waals surface area contributed by atoms with Crippen molar-refractivity contribution in [1.82, 2.24) is 0 Å². The Morgan fingerprint density at radius 2 is 2.00 bits per heavy atom. The third-order valence-electron chi connectivity index (χ3n) is 2.79. The Morgan fingerprint density at radius 1 is 1.24 bits per heavy atom. The maximum Gasteiger partial charge on any atom is 0.0468 e. The van der Waals surface area contributed by atoms with Crippen molar-refractivity contribution in [3.8, 4) is 0 Å². The van der Waals surface area contributed by atoms with E-state index >= 15 is 0 Å². The lowest BCUT2D eigenvalue weighted by Gasteiger charge is -2.13. The standard InChI is InChI=1S/C14H19Cl2N/c1-2-3-4-5-6-7-14(17)12-9-8-11(15)10-13(12)16/h2,8-10,14H,1,3-7,17H2. The second kappa shape index (κ2) is 7.75. The lowest BCUT2D eigenvalue weighted by Crippen LogP contribution is -2.10. The fourth-order valence-electron chi connectivity index (χ4n) is 1.79. The first-order valence-corrected chi connectivity index (χ1v) is 6.72. The summed E-state index contributed by atoms with van der Waals surface area (Å²) < 4.78 is 0. The highest BCUT2D eigenvalue weighted by molar-refractivity contribution is 6.35. The van der Waals surface area contributed by atoms with Crippen LogP contribution < -0.4 is 5.73 Å². The fourth-order valence-corrected chi connectivity index (χ4v) is 2.34. The Morgan fingerprint density at radius 3 is 2.65 bits per heavy atom. The van der Waals surface area contributed by atoms with Gasteiger partial charge in [0.1, 0.15) is 0 Å². The van der Waals surface area contributed by atoms with E-state index in [1.807, 2.05) is 18.2 Å². The minimum Gasteiger partial charge on any atom is -0.324 e. The highest BCUT2D eigenvalue weighted by atomic mass is 35.5. The molecule has 0 aliphatic heterocycles. The molecule has 0 amide bonds. The van der Waals surface area contributed by atoms with Crippen LogP contribution in [0.5, 0.6) is 0 Å². The topological polar surface area (TPSA) is 26.0 Å². The first-order valence-electron chi connectivity index (χ1n) is 5.96. The van der Waals surface area contributed by atoms with Crippen LogP contribution in [0.2, 0.25) is 10.0 Å². The van der Waals surface area contributed by atoms with Gasteiger partial charge in [-0.2, -0.15) is 0 Å². The molecule has 0 saturated heterocycles. The lowest BCUT2D eigenvalue weighted by atomic mass is 10.0. The van der Waals surface area contributed by atoms with Crippen molar-refractivity contribution in [2.75, 3.05) is 0 Å². The molecule has 0 fully saturated rings. The lowest BCUT2D eigenvalue weighted by molar-refractivity contribution is 0.572. The largest absolute Gasteiger partial charge is 0.324 e. The SMILES string of the molecule is C=CCCCCCC(N)c1ccc(Cl)cc1Cl. The zero-order chi connectivity index (χ0) is 12.7. The van der Waals surface area contributed by atoms with Gasteiger partial charge in [-0.15, -0.1) is 6.58 Å². The van der Waals surface area contributed by atoms with E-state index in [0.717, 1.165) is 24.8 Å². The van der Waals surface area contributed by atoms with Crippen LogP contribution in [0, 0.1) is 0 Å². The summed E-state index contributed by atoms with van der Waals surface area (Å²) in [5, 5.41) is 1.31. The van der Waals surface area contributed by atoms with Gasteiger partial charge in [-0.3, -0.25) is 0 Å². The zero-order valence-electron chi connectivity index (χ0n) is 9.96. The Labute approximate surface area is 114 Å². The molecular weight excluding hydrogens is 253 g/mol. The Hall–Kier alpha value is -0.500. The first-order chi connectivity index (χ1) is 8.15. The molecule has 0 spiro atoms. The van der Waals surface area contributed by atoms with Gasteiger partial charge < -0.3 is 5.73 Å². The minimum absolute atomic E-state index is 0.00324. The van der Waals surface area contributed by atoms with Crippen LogP contribution in [0.25, 0.3) is 0 Å². The molecule has 0 aliphatic carbocycles. The van der Waals surface area contributed by atoms with Crippen molar-refractivity contribution in [1.29, 1.82) is 0 Å². The van der Waals surface area contributed by atoms with Crippen LogP contribution in [-0.2, 0) is 0 Å². The van der Waals surface area contributed by atoms with Gasteiger partial charge in [0, 0.05) is 16.1 Å². The second-order valence-corrected chi connectivity index (χ2v) is 5.04. The number of hydrogen-bond donors (Lipinski definition) is 1. The summed E-state index contributed by atoms with van der Waals surface area (Å²) in [6.45, 7) is 3.71. The quantitative estimate of drug-likeness (QED) is 0.540. The van der Waals surface area contributed by atoms with Crippen LogP contribution in [0.15, 0.2) is 30.9 Å². The molecule has 0 saturated carbocycles. The number of benzene rings is 1. The summed E-state index contributed by atoms with van der Waals surface area (Å²) in [5.74, 6) is 0. The molecule has 0 bridgehead atoms. The molecule has 1 aromatic carbocycles. The van der Waals surface area contributed by atoms with Crippen molar-refractivity contribution in [2.24, 2.45) is 5.73 Å². The molecule has 0 radical (unpaired) electrons. The summed E-state index contributed by atoms with van der Waals surface area (Å²) in [6.07, 6.45) is 7.48. The van der Waals surface area contributed by atoms with E-state index in [1.165, 1.54) is 12.8 Å². The highest BCUT2D eigenvalue weighted by Gasteiger charge is 2.09. The summed E-state index contributed by atoms with van der Waals surface area (Å²) in [5.41, 5.74) is 7.10. The van der Waals surface area contributed by atoms with E-state index < -0.39 is 0 Å². The average molecular weight is 272 g/mol. The predicted octanol–water partition coefficient (Wildman–Crippen LogP) is 5.13. The molecule has 17 heavy (non-hydrogen) atoms. The Bertz CT molecular complexity index is 363. The number of unbranched alkanes of at least 4 members (excludes halogenated alkanes) is 3. The second-order valence-electron chi connectivity index (χ2n) is 4.20. The maximum atomic E-state index is 6.11. The smallest absolute Gasteiger partial charge is 0.0468 e. The van der Waals surface area contributed by atoms with E-state index in [1.54, 1.807) is 6.07 Å². The molecule has 1 atom stereocenters. The van der Waals surface area contributed by atoms with E-state index in [4.69, 9.17) is 28.9 Å². The molecule has 94 valence electrons. The van der Waals surface area contributed by atoms with Crippen molar-refractivity contribution < 1.29 is 0 Å². The van der Waals surface area contributed by atoms with Crippen molar-refractivity contribution in [3.63, 3.8) is 0 Å². The van der Waals surface area contributed by atoms with Crippen LogP contribution in [-0.4, -0.2) is 0 Å². The van der Waals surface area contributed by atoms with Gasteiger partial charge >= 0.3 is 0 Å². The molecule has 1 rings (SSSR count). The summed E-state index contributed by atoms with van der Waals surface area (Å²) in [7, 11) is 0. The van der Waals surface area contributed by atoms with Crippen LogP contribution >= 0.6 is 23.2 Å². The van der Waals surface area contributed by atoms with Gasteiger partial charge in [0.05, 0.1) is 0 Å². The fraction of sp³-hybridized carbons (Fsp3) is 0.429. The molecule has 0 aliphatic rings. The van der Waals surface area contributed by atoms with E-state index in [-0.39, 0.29) is 6.04 Å². The summed E-state index contributed by atoms with van der Waals surface area (Å²) in [6, 6.07) is 5.50. The van der Waals surface area contributed by atoms with Crippen molar-refractivity contribution in [2.45, 2.75) is 38.1 Å². The summed E-state index contributed by atoms with van der Waals surface area (Å²) >= 11 is 12.0. The number of rotatable bonds is 7. The normalized spacial score (nSPS) is 12.4. The van der Waals surface area contributed by atoms with E-state index in [2.05, 4.69) is 6.58 Å². The zero-order valence-corrected chi connectivity index (χ0v) is 11.5. The molecular formula is C14H19Cl2N. The van der Waals surface area contributed by atoms with Crippen LogP contribution in [0.4, 0.5) is 0 Å². The molecule has 2 N–H and O–H groups in total. The van der Waals surface area contributed by atoms with Gasteiger partial charge in [-0.05, 0) is 37.0 Å². The van der Waals surface area contributed by atoms with Crippen LogP contribution in [0.3, 0.4) is 0 Å². The summed E-state index contributed by atoms with van der Waals surface area (Å²) in [4.78, 5) is 0. The van der Waals surface area contributed by atoms with Crippen molar-refractivity contribution in [3.05, 3.63) is 46.5 Å². The number of allylic oxidation sites excluding steroid dienone is 1. The molecule has 0 heterocycles. The van der Waals surface area contributed by atoms with Gasteiger partial charge in [-0.1, -0.05) is 48.2 Å². The number of halogens is 2. The highest BCUT2D eigenvalue weighted by Crippen LogP contribution is 2.27. The molecule has 1 aromatic rings. The molecule has 0 aromatic heterocycles. The monoisotopic (exact) mass is 271 g/mol. The first kappa shape index (κ1) is 14.6. The predicted molar refractivity (Wildman–Crippen MR) is 76.7 cm³/mol. The molecule has 1 unspecified atom stereocenters. The van der Waals surface area contributed by atoms with Gasteiger partial charge in [0.15, 0.2) is 0 Å². The average Bonchev–Trinajstić information content (AvgIpc) is 2.28. The maximum absolute atomic E-state index is 6.11. The van der Waals surface area contributed by atoms with Crippen LogP contribution in [0.1, 0.15) is 43.7 Å². The third kappa shape index (κ3) is 5.12. The molecule has 1 nitrogen and oxygen atoms in total.